The minimum atomic E-state index is -1.04. The van der Waals surface area contributed by atoms with Crippen molar-refractivity contribution >= 4 is 11.8 Å². The number of aromatic carboxylic acids is 1. The van der Waals surface area contributed by atoms with Gasteiger partial charge in [-0.1, -0.05) is 0 Å². The van der Waals surface area contributed by atoms with Crippen molar-refractivity contribution in [2.75, 3.05) is 11.4 Å². The molecule has 0 amide bonds. The van der Waals surface area contributed by atoms with Crippen LogP contribution in [-0.4, -0.2) is 33.9 Å². The Balaban J connectivity index is 2.19. The van der Waals surface area contributed by atoms with E-state index in [1.807, 2.05) is 0 Å². The number of hydrogen-bond donors (Lipinski definition) is 1. The zero-order chi connectivity index (χ0) is 10.8. The Morgan fingerprint density at radius 3 is 2.80 bits per heavy atom. The maximum atomic E-state index is 10.6. The predicted molar refractivity (Wildman–Crippen MR) is 55.0 cm³/mol. The van der Waals surface area contributed by atoms with Crippen LogP contribution in [0.4, 0.5) is 5.82 Å². The van der Waals surface area contributed by atoms with Crippen molar-refractivity contribution in [3.63, 3.8) is 0 Å². The van der Waals surface area contributed by atoms with Gasteiger partial charge in [-0.3, -0.25) is 0 Å². The number of carboxylic acid groups (broad SMARTS) is 1. The molecule has 0 bridgehead atoms. The molecule has 5 nitrogen and oxygen atoms in total. The van der Waals surface area contributed by atoms with Crippen LogP contribution in [0.3, 0.4) is 0 Å². The number of anilines is 1. The number of carboxylic acids is 1. The first kappa shape index (κ1) is 9.89. The zero-order valence-electron chi connectivity index (χ0n) is 8.55. The molecule has 1 atom stereocenters. The summed E-state index contributed by atoms with van der Waals surface area (Å²) in [6.07, 6.45) is 2.31. The van der Waals surface area contributed by atoms with Crippen LogP contribution in [0, 0.1) is 0 Å². The van der Waals surface area contributed by atoms with E-state index in [0.29, 0.717) is 6.04 Å². The summed E-state index contributed by atoms with van der Waals surface area (Å²) in [5.41, 5.74) is -0.00870. The maximum Gasteiger partial charge on any atom is 0.356 e. The summed E-state index contributed by atoms with van der Waals surface area (Å²) in [4.78, 5) is 12.7. The molecule has 1 fully saturated rings. The van der Waals surface area contributed by atoms with Gasteiger partial charge in [0.25, 0.3) is 0 Å². The Labute approximate surface area is 87.7 Å². The molecule has 80 valence electrons. The van der Waals surface area contributed by atoms with Crippen molar-refractivity contribution in [1.29, 1.82) is 0 Å². The molecule has 1 unspecified atom stereocenters. The first-order valence-corrected chi connectivity index (χ1v) is 5.02. The van der Waals surface area contributed by atoms with Crippen molar-refractivity contribution in [2.45, 2.75) is 25.8 Å². The summed E-state index contributed by atoms with van der Waals surface area (Å²) in [7, 11) is 0. The predicted octanol–water partition coefficient (Wildman–Crippen LogP) is 1.16. The quantitative estimate of drug-likeness (QED) is 0.788. The minimum Gasteiger partial charge on any atom is -0.476 e. The van der Waals surface area contributed by atoms with E-state index in [-0.39, 0.29) is 5.69 Å². The van der Waals surface area contributed by atoms with Crippen LogP contribution < -0.4 is 4.90 Å². The summed E-state index contributed by atoms with van der Waals surface area (Å²) in [6, 6.07) is 3.68. The van der Waals surface area contributed by atoms with Crippen molar-refractivity contribution in [1.82, 2.24) is 10.2 Å². The molecule has 2 rings (SSSR count). The van der Waals surface area contributed by atoms with E-state index < -0.39 is 5.97 Å². The highest BCUT2D eigenvalue weighted by atomic mass is 16.4. The lowest BCUT2D eigenvalue weighted by molar-refractivity contribution is 0.0689. The molecule has 1 aliphatic rings. The fourth-order valence-corrected chi connectivity index (χ4v) is 1.87. The van der Waals surface area contributed by atoms with Crippen LogP contribution in [0.15, 0.2) is 12.1 Å². The normalized spacial score (nSPS) is 20.6. The van der Waals surface area contributed by atoms with E-state index >= 15 is 0 Å². The molecule has 1 saturated heterocycles. The average Bonchev–Trinajstić information content (AvgIpc) is 2.65. The fraction of sp³-hybridized carbons (Fsp3) is 0.500. The Morgan fingerprint density at radius 1 is 1.53 bits per heavy atom. The van der Waals surface area contributed by atoms with Gasteiger partial charge in [-0.15, -0.1) is 10.2 Å². The molecule has 1 aromatic heterocycles. The van der Waals surface area contributed by atoms with Gasteiger partial charge in [0.05, 0.1) is 0 Å². The topological polar surface area (TPSA) is 66.3 Å². The van der Waals surface area contributed by atoms with E-state index in [2.05, 4.69) is 22.0 Å². The molecule has 1 aliphatic heterocycles. The average molecular weight is 207 g/mol. The second-order valence-electron chi connectivity index (χ2n) is 3.77. The lowest BCUT2D eigenvalue weighted by Gasteiger charge is -2.21. The smallest absolute Gasteiger partial charge is 0.356 e. The maximum absolute atomic E-state index is 10.6. The number of carbonyl (C=O) groups is 1. The van der Waals surface area contributed by atoms with Gasteiger partial charge in [0.2, 0.25) is 0 Å². The number of hydrogen-bond acceptors (Lipinski definition) is 4. The van der Waals surface area contributed by atoms with E-state index in [9.17, 15) is 4.79 Å². The molecule has 2 heterocycles. The minimum absolute atomic E-state index is 0.00870. The lowest BCUT2D eigenvalue weighted by Crippen LogP contribution is -2.27. The van der Waals surface area contributed by atoms with Crippen LogP contribution in [0.2, 0.25) is 0 Å². The number of rotatable bonds is 2. The van der Waals surface area contributed by atoms with Gasteiger partial charge >= 0.3 is 5.97 Å². The molecule has 0 saturated carbocycles. The largest absolute Gasteiger partial charge is 0.476 e. The summed E-state index contributed by atoms with van der Waals surface area (Å²) < 4.78 is 0. The molecule has 15 heavy (non-hydrogen) atoms. The third-order valence-corrected chi connectivity index (χ3v) is 2.72. The van der Waals surface area contributed by atoms with Gasteiger partial charge in [0.1, 0.15) is 0 Å². The third kappa shape index (κ3) is 1.91. The van der Waals surface area contributed by atoms with E-state index in [1.165, 1.54) is 6.07 Å². The Kier molecular flexibility index (Phi) is 2.53. The summed E-state index contributed by atoms with van der Waals surface area (Å²) >= 11 is 0. The number of aromatic nitrogens is 2. The zero-order valence-corrected chi connectivity index (χ0v) is 8.55. The van der Waals surface area contributed by atoms with Gasteiger partial charge in [-0.2, -0.15) is 0 Å². The highest BCUT2D eigenvalue weighted by Crippen LogP contribution is 2.22. The Bertz CT molecular complexity index is 363. The van der Waals surface area contributed by atoms with Crippen LogP contribution in [0.25, 0.3) is 0 Å². The molecule has 0 aliphatic carbocycles. The van der Waals surface area contributed by atoms with Gasteiger partial charge in [-0.05, 0) is 31.9 Å². The molecular formula is C10H13N3O2. The lowest BCUT2D eigenvalue weighted by atomic mass is 10.2. The highest BCUT2D eigenvalue weighted by Gasteiger charge is 2.21. The highest BCUT2D eigenvalue weighted by molar-refractivity contribution is 5.85. The first-order valence-electron chi connectivity index (χ1n) is 5.02. The summed E-state index contributed by atoms with van der Waals surface area (Å²) in [6.45, 7) is 3.11. The van der Waals surface area contributed by atoms with Crippen LogP contribution in [0.5, 0.6) is 0 Å². The summed E-state index contributed by atoms with van der Waals surface area (Å²) in [5.74, 6) is -0.270. The van der Waals surface area contributed by atoms with E-state index in [0.717, 1.165) is 25.2 Å². The van der Waals surface area contributed by atoms with Crippen molar-refractivity contribution in [3.05, 3.63) is 17.8 Å². The molecule has 0 radical (unpaired) electrons. The van der Waals surface area contributed by atoms with E-state index in [4.69, 9.17) is 5.11 Å². The monoisotopic (exact) mass is 207 g/mol. The first-order chi connectivity index (χ1) is 7.18. The molecule has 0 aromatic carbocycles. The van der Waals surface area contributed by atoms with E-state index in [1.54, 1.807) is 6.07 Å². The molecule has 1 N–H and O–H groups in total. The molecule has 0 spiro atoms. The van der Waals surface area contributed by atoms with Crippen LogP contribution in [-0.2, 0) is 0 Å². The fourth-order valence-electron chi connectivity index (χ4n) is 1.87. The third-order valence-electron chi connectivity index (χ3n) is 2.72. The standard InChI is InChI=1S/C10H13N3O2/c1-7-3-2-6-13(7)9-5-4-8(10(14)15)11-12-9/h4-5,7H,2-3,6H2,1H3,(H,14,15). The van der Waals surface area contributed by atoms with Crippen molar-refractivity contribution in [2.24, 2.45) is 0 Å². The molecular weight excluding hydrogens is 194 g/mol. The SMILES string of the molecule is CC1CCCN1c1ccc(C(=O)O)nn1. The molecule has 1 aromatic rings. The Hall–Kier alpha value is -1.65. The van der Waals surface area contributed by atoms with Gasteiger partial charge < -0.3 is 10.0 Å². The van der Waals surface area contributed by atoms with Gasteiger partial charge in [0, 0.05) is 12.6 Å². The van der Waals surface area contributed by atoms with Gasteiger partial charge in [0.15, 0.2) is 11.5 Å². The number of nitrogens with zero attached hydrogens (tertiary/aromatic N) is 3. The Morgan fingerprint density at radius 2 is 2.33 bits per heavy atom. The second-order valence-corrected chi connectivity index (χ2v) is 3.77. The second kappa shape index (κ2) is 3.84. The van der Waals surface area contributed by atoms with Gasteiger partial charge in [-0.25, -0.2) is 4.79 Å². The van der Waals surface area contributed by atoms with Crippen molar-refractivity contribution in [3.8, 4) is 0 Å². The van der Waals surface area contributed by atoms with Crippen molar-refractivity contribution < 1.29 is 9.90 Å². The molecule has 5 heteroatoms. The summed E-state index contributed by atoms with van der Waals surface area (Å²) in [5, 5.41) is 16.3. The van der Waals surface area contributed by atoms with Crippen LogP contribution in [0.1, 0.15) is 30.3 Å². The van der Waals surface area contributed by atoms with Crippen LogP contribution >= 0.6 is 0 Å².